The Morgan fingerprint density at radius 3 is 3.08 bits per heavy atom. The Morgan fingerprint density at radius 1 is 1.38 bits per heavy atom. The number of nitrogens with one attached hydrogen (secondary N) is 1. The Labute approximate surface area is 103 Å². The smallest absolute Gasteiger partial charge is 0.222 e. The Balaban J connectivity index is 0.000000845. The van der Waals surface area contributed by atoms with Gasteiger partial charge in [-0.25, -0.2) is 0 Å². The van der Waals surface area contributed by atoms with E-state index >= 15 is 0 Å². The fourth-order valence-electron chi connectivity index (χ4n) is 1.45. The summed E-state index contributed by atoms with van der Waals surface area (Å²) >= 11 is 0. The topological polar surface area (TPSA) is 29.1 Å². The summed E-state index contributed by atoms with van der Waals surface area (Å²) in [5.41, 5.74) is 2.15. The van der Waals surface area contributed by atoms with E-state index in [9.17, 15) is 4.79 Å². The number of hydrogen-bond donors (Lipinski definition) is 1. The number of benzene rings is 1. The molecule has 0 saturated carbocycles. The number of carbonyl (C=O) groups excluding carboxylic acids is 1. The first-order valence-electron chi connectivity index (χ1n) is 4.15. The molecule has 1 aromatic carbocycles. The zero-order chi connectivity index (χ0) is 8.39. The van der Waals surface area contributed by atoms with Crippen molar-refractivity contribution in [3.05, 3.63) is 29.8 Å². The van der Waals surface area contributed by atoms with E-state index < -0.39 is 0 Å². The van der Waals surface area contributed by atoms with Crippen LogP contribution < -0.4 is 5.32 Å². The molecule has 0 unspecified atom stereocenters. The molecule has 0 bridgehead atoms. The summed E-state index contributed by atoms with van der Waals surface area (Å²) in [4.78, 5) is 11.1. The van der Waals surface area contributed by atoms with E-state index in [1.165, 1.54) is 5.56 Å². The van der Waals surface area contributed by atoms with Gasteiger partial charge in [0, 0.05) is 39.1 Å². The van der Waals surface area contributed by atoms with Gasteiger partial charge >= 0.3 is 0 Å². The van der Waals surface area contributed by atoms with E-state index in [0.717, 1.165) is 18.5 Å². The first kappa shape index (κ1) is 10.9. The second-order valence-corrected chi connectivity index (χ2v) is 2.98. The molecule has 3 heteroatoms. The van der Waals surface area contributed by atoms with Crippen LogP contribution in [0.1, 0.15) is 18.4 Å². The van der Waals surface area contributed by atoms with Gasteiger partial charge in [-0.2, -0.15) is 18.2 Å². The summed E-state index contributed by atoms with van der Waals surface area (Å²) in [6, 6.07) is 8.68. The first-order chi connectivity index (χ1) is 5.86. The average Bonchev–Trinajstić information content (AvgIpc) is 2.25. The molecule has 1 aliphatic rings. The largest absolute Gasteiger partial charge is 0.349 e. The normalized spacial score (nSPS) is 14.9. The van der Waals surface area contributed by atoms with Crippen LogP contribution in [0.2, 0.25) is 0 Å². The van der Waals surface area contributed by atoms with E-state index in [1.54, 1.807) is 0 Å². The van der Waals surface area contributed by atoms with Gasteiger partial charge in [0.05, 0.1) is 0 Å². The van der Waals surface area contributed by atoms with Crippen LogP contribution in [-0.4, -0.2) is 5.91 Å². The monoisotopic (exact) mass is 249 g/mol. The van der Waals surface area contributed by atoms with Gasteiger partial charge in [0.25, 0.3) is 0 Å². The zero-order valence-electron chi connectivity index (χ0n) is 7.34. The second kappa shape index (κ2) is 4.87. The van der Waals surface area contributed by atoms with Crippen molar-refractivity contribution in [2.45, 2.75) is 19.3 Å². The summed E-state index contributed by atoms with van der Waals surface area (Å²) in [7, 11) is 0. The Hall–Kier alpha value is -0.206. The summed E-state index contributed by atoms with van der Waals surface area (Å²) in [6.45, 7) is 0. The van der Waals surface area contributed by atoms with Gasteiger partial charge in [0.15, 0.2) is 0 Å². The molecular formula is C10H10NOY-. The van der Waals surface area contributed by atoms with Crippen molar-refractivity contribution in [3.63, 3.8) is 0 Å². The van der Waals surface area contributed by atoms with Crippen LogP contribution in [0.3, 0.4) is 0 Å². The van der Waals surface area contributed by atoms with Crippen molar-refractivity contribution in [2.75, 3.05) is 5.32 Å². The maximum absolute atomic E-state index is 11.1. The maximum Gasteiger partial charge on any atom is 0.222 e. The van der Waals surface area contributed by atoms with Gasteiger partial charge in [-0.3, -0.25) is 4.79 Å². The average molecular weight is 249 g/mol. The minimum atomic E-state index is 0. The third kappa shape index (κ3) is 2.62. The predicted molar refractivity (Wildman–Crippen MR) is 46.8 cm³/mol. The molecule has 0 fully saturated rings. The first-order valence-corrected chi connectivity index (χ1v) is 4.15. The van der Waals surface area contributed by atoms with E-state index in [4.69, 9.17) is 0 Å². The van der Waals surface area contributed by atoms with Crippen molar-refractivity contribution in [2.24, 2.45) is 0 Å². The molecule has 65 valence electrons. The van der Waals surface area contributed by atoms with Crippen molar-refractivity contribution in [1.29, 1.82) is 0 Å². The minimum Gasteiger partial charge on any atom is -0.349 e. The van der Waals surface area contributed by atoms with Gasteiger partial charge in [0.1, 0.15) is 0 Å². The number of aryl methyl sites for hydroxylation is 1. The molecule has 1 aliphatic heterocycles. The number of amides is 1. The Morgan fingerprint density at radius 2 is 2.23 bits per heavy atom. The number of carbonyl (C=O) groups is 1. The minimum absolute atomic E-state index is 0. The molecule has 13 heavy (non-hydrogen) atoms. The molecule has 0 aromatic heterocycles. The SMILES string of the molecule is O=C1CCCc2c[c-]ccc2N1.[Y]. The third-order valence-electron chi connectivity index (χ3n) is 2.07. The molecular weight excluding hydrogens is 239 g/mol. The van der Waals surface area contributed by atoms with Gasteiger partial charge < -0.3 is 5.32 Å². The zero-order valence-corrected chi connectivity index (χ0v) is 10.2. The summed E-state index contributed by atoms with van der Waals surface area (Å²) in [5.74, 6) is 0.125. The van der Waals surface area contributed by atoms with Crippen molar-refractivity contribution < 1.29 is 37.5 Å². The molecule has 0 spiro atoms. The second-order valence-electron chi connectivity index (χ2n) is 2.98. The quantitative estimate of drug-likeness (QED) is 0.697. The van der Waals surface area contributed by atoms with Crippen LogP contribution in [0, 0.1) is 6.07 Å². The van der Waals surface area contributed by atoms with Crippen LogP contribution in [0.25, 0.3) is 0 Å². The van der Waals surface area contributed by atoms with Crippen molar-refractivity contribution in [3.8, 4) is 0 Å². The Bertz CT molecular complexity index is 312. The maximum atomic E-state index is 11.1. The number of hydrogen-bond acceptors (Lipinski definition) is 1. The van der Waals surface area contributed by atoms with E-state index in [0.29, 0.717) is 6.42 Å². The molecule has 1 aromatic rings. The molecule has 0 atom stereocenters. The fraction of sp³-hybridized carbons (Fsp3) is 0.300. The van der Waals surface area contributed by atoms with E-state index in [-0.39, 0.29) is 38.6 Å². The number of fused-ring (bicyclic) bond motifs is 1. The molecule has 2 rings (SSSR count). The van der Waals surface area contributed by atoms with Crippen molar-refractivity contribution in [1.82, 2.24) is 0 Å². The predicted octanol–water partition coefficient (Wildman–Crippen LogP) is 1.76. The molecule has 1 amide bonds. The van der Waals surface area contributed by atoms with Crippen LogP contribution in [0.15, 0.2) is 18.2 Å². The summed E-state index contributed by atoms with van der Waals surface area (Å²) < 4.78 is 0. The van der Waals surface area contributed by atoms with Gasteiger partial charge in [-0.05, 0) is 0 Å². The number of rotatable bonds is 0. The molecule has 1 heterocycles. The van der Waals surface area contributed by atoms with Gasteiger partial charge in [-0.15, -0.1) is 11.6 Å². The molecule has 2 nitrogen and oxygen atoms in total. The van der Waals surface area contributed by atoms with Gasteiger partial charge in [-0.1, -0.05) is 18.5 Å². The van der Waals surface area contributed by atoms with E-state index in [2.05, 4.69) is 11.4 Å². The van der Waals surface area contributed by atoms with E-state index in [1.807, 2.05) is 18.2 Å². The number of anilines is 1. The van der Waals surface area contributed by atoms with Gasteiger partial charge in [0.2, 0.25) is 5.91 Å². The molecule has 0 aliphatic carbocycles. The van der Waals surface area contributed by atoms with Crippen LogP contribution >= 0.6 is 0 Å². The van der Waals surface area contributed by atoms with Crippen LogP contribution in [0.4, 0.5) is 5.69 Å². The standard InChI is InChI=1S/C10H10NO.Y/c12-10-7-3-5-8-4-1-2-6-9(8)11-10;/h2,4,6H,3,5,7H2,(H,11,12);/q-1;. The summed E-state index contributed by atoms with van der Waals surface area (Å²) in [6.07, 6.45) is 2.55. The summed E-state index contributed by atoms with van der Waals surface area (Å²) in [5, 5.41) is 2.86. The Kier molecular flexibility index (Phi) is 4.07. The van der Waals surface area contributed by atoms with Crippen LogP contribution in [-0.2, 0) is 43.9 Å². The van der Waals surface area contributed by atoms with Crippen LogP contribution in [0.5, 0.6) is 0 Å². The van der Waals surface area contributed by atoms with Crippen molar-refractivity contribution >= 4 is 11.6 Å². The molecule has 1 radical (unpaired) electrons. The molecule has 0 saturated heterocycles. The third-order valence-corrected chi connectivity index (χ3v) is 2.07. The fourth-order valence-corrected chi connectivity index (χ4v) is 1.45. The molecule has 1 N–H and O–H groups in total.